The van der Waals surface area contributed by atoms with Crippen molar-refractivity contribution in [3.05, 3.63) is 12.7 Å². The number of rotatable bonds is 4. The van der Waals surface area contributed by atoms with Crippen molar-refractivity contribution in [2.45, 2.75) is 56.5 Å². The van der Waals surface area contributed by atoms with Gasteiger partial charge in [-0.2, -0.15) is 0 Å². The van der Waals surface area contributed by atoms with Crippen molar-refractivity contribution >= 4 is 5.91 Å². The van der Waals surface area contributed by atoms with Gasteiger partial charge in [0.1, 0.15) is 0 Å². The molecule has 0 heterocycles. The first-order valence-corrected chi connectivity index (χ1v) is 6.34. The van der Waals surface area contributed by atoms with Crippen LogP contribution in [0.4, 0.5) is 0 Å². The molecule has 0 aromatic rings. The van der Waals surface area contributed by atoms with Crippen LogP contribution in [0.25, 0.3) is 0 Å². The molecule has 0 spiro atoms. The van der Waals surface area contributed by atoms with Gasteiger partial charge in [0, 0.05) is 17.5 Å². The minimum absolute atomic E-state index is 0.0444. The Balaban J connectivity index is 1.96. The number of carbonyl (C=O) groups is 1. The molecule has 0 aromatic heterocycles. The molecule has 1 amide bonds. The smallest absolute Gasteiger partial charge is 0.223 e. The number of amides is 1. The lowest BCUT2D eigenvalue weighted by molar-refractivity contribution is -0.124. The molecule has 2 aliphatic rings. The summed E-state index contributed by atoms with van der Waals surface area (Å²) >= 11 is 0. The lowest BCUT2D eigenvalue weighted by Gasteiger charge is -2.39. The minimum Gasteiger partial charge on any atom is -0.350 e. The zero-order valence-corrected chi connectivity index (χ0v) is 9.87. The average molecular weight is 222 g/mol. The normalized spacial score (nSPS) is 34.4. The van der Waals surface area contributed by atoms with Crippen molar-refractivity contribution in [1.29, 1.82) is 0 Å². The van der Waals surface area contributed by atoms with Crippen LogP contribution in [-0.2, 0) is 4.79 Å². The van der Waals surface area contributed by atoms with Gasteiger partial charge in [-0.05, 0) is 44.9 Å². The molecule has 3 nitrogen and oxygen atoms in total. The maximum absolute atomic E-state index is 11.9. The third-order valence-electron chi connectivity index (χ3n) is 3.86. The Morgan fingerprint density at radius 2 is 2.00 bits per heavy atom. The van der Waals surface area contributed by atoms with Crippen LogP contribution in [0.15, 0.2) is 12.7 Å². The zero-order chi connectivity index (χ0) is 11.6. The topological polar surface area (TPSA) is 55.1 Å². The van der Waals surface area contributed by atoms with Gasteiger partial charge in [0.15, 0.2) is 0 Å². The van der Waals surface area contributed by atoms with E-state index in [0.29, 0.717) is 6.04 Å². The molecule has 0 unspecified atom stereocenters. The van der Waals surface area contributed by atoms with E-state index in [1.54, 1.807) is 0 Å². The fraction of sp³-hybridized carbons (Fsp3) is 0.769. The van der Waals surface area contributed by atoms with Gasteiger partial charge >= 0.3 is 0 Å². The molecule has 0 atom stereocenters. The van der Waals surface area contributed by atoms with Crippen LogP contribution < -0.4 is 11.1 Å². The molecule has 90 valence electrons. The van der Waals surface area contributed by atoms with Gasteiger partial charge in [-0.25, -0.2) is 0 Å². The summed E-state index contributed by atoms with van der Waals surface area (Å²) < 4.78 is 0. The Morgan fingerprint density at radius 3 is 2.50 bits per heavy atom. The molecule has 16 heavy (non-hydrogen) atoms. The van der Waals surface area contributed by atoms with Gasteiger partial charge in [0.2, 0.25) is 5.91 Å². The molecule has 2 aliphatic carbocycles. The van der Waals surface area contributed by atoms with Crippen molar-refractivity contribution in [1.82, 2.24) is 5.32 Å². The summed E-state index contributed by atoms with van der Waals surface area (Å²) in [5.41, 5.74) is 5.87. The second-order valence-corrected chi connectivity index (χ2v) is 5.37. The van der Waals surface area contributed by atoms with Crippen LogP contribution in [0.3, 0.4) is 0 Å². The van der Waals surface area contributed by atoms with E-state index in [9.17, 15) is 4.79 Å². The third-order valence-corrected chi connectivity index (χ3v) is 3.86. The average Bonchev–Trinajstić information content (AvgIpc) is 3.06. The molecule has 0 radical (unpaired) electrons. The van der Waals surface area contributed by atoms with Crippen LogP contribution in [0.2, 0.25) is 0 Å². The number of hydrogen-bond donors (Lipinski definition) is 2. The highest BCUT2D eigenvalue weighted by molar-refractivity contribution is 5.81. The minimum atomic E-state index is -0.0444. The molecule has 2 fully saturated rings. The molecule has 2 saturated carbocycles. The summed E-state index contributed by atoms with van der Waals surface area (Å²) in [6.45, 7) is 3.80. The van der Waals surface area contributed by atoms with E-state index in [1.807, 2.05) is 6.08 Å². The Labute approximate surface area is 97.5 Å². The highest BCUT2D eigenvalue weighted by Gasteiger charge is 2.38. The molecule has 2 rings (SSSR count). The van der Waals surface area contributed by atoms with E-state index in [4.69, 9.17) is 5.73 Å². The third kappa shape index (κ3) is 2.64. The van der Waals surface area contributed by atoms with Crippen molar-refractivity contribution < 1.29 is 4.79 Å². The Bertz CT molecular complexity index is 276. The molecule has 3 heteroatoms. The van der Waals surface area contributed by atoms with Crippen LogP contribution in [0.1, 0.15) is 44.9 Å². The first-order chi connectivity index (χ1) is 7.65. The van der Waals surface area contributed by atoms with Gasteiger partial charge in [-0.15, -0.1) is 6.58 Å². The zero-order valence-electron chi connectivity index (χ0n) is 9.87. The molecule has 3 N–H and O–H groups in total. The van der Waals surface area contributed by atoms with Gasteiger partial charge in [-0.1, -0.05) is 6.08 Å². The number of nitrogens with one attached hydrogen (secondary N) is 1. The molecule has 0 saturated heterocycles. The van der Waals surface area contributed by atoms with Crippen molar-refractivity contribution in [2.75, 3.05) is 0 Å². The first-order valence-electron chi connectivity index (χ1n) is 6.34. The summed E-state index contributed by atoms with van der Waals surface area (Å²) in [6.07, 6.45) is 8.95. The monoisotopic (exact) mass is 222 g/mol. The number of hydrogen-bond acceptors (Lipinski definition) is 2. The van der Waals surface area contributed by atoms with Crippen molar-refractivity contribution in [2.24, 2.45) is 11.7 Å². The molecule has 0 aromatic carbocycles. The van der Waals surface area contributed by atoms with E-state index in [2.05, 4.69) is 11.9 Å². The lowest BCUT2D eigenvalue weighted by atomic mass is 9.77. The SMILES string of the molecule is C=CCC1(NC(=O)C2CC2)CCC(N)CC1. The quantitative estimate of drug-likeness (QED) is 0.712. The van der Waals surface area contributed by atoms with E-state index in [-0.39, 0.29) is 17.4 Å². The van der Waals surface area contributed by atoms with E-state index < -0.39 is 0 Å². The second-order valence-electron chi connectivity index (χ2n) is 5.37. The van der Waals surface area contributed by atoms with Gasteiger partial charge in [0.25, 0.3) is 0 Å². The first kappa shape index (κ1) is 11.6. The highest BCUT2D eigenvalue weighted by Crippen LogP contribution is 2.34. The summed E-state index contributed by atoms with van der Waals surface area (Å²) in [6, 6.07) is 0.316. The fourth-order valence-corrected chi connectivity index (χ4v) is 2.56. The molecule has 0 aliphatic heterocycles. The molecular weight excluding hydrogens is 200 g/mol. The predicted molar refractivity (Wildman–Crippen MR) is 64.9 cm³/mol. The predicted octanol–water partition coefficient (Wildman–Crippen LogP) is 1.73. The summed E-state index contributed by atoms with van der Waals surface area (Å²) in [4.78, 5) is 11.9. The second kappa shape index (κ2) is 4.58. The Hall–Kier alpha value is -0.830. The summed E-state index contributed by atoms with van der Waals surface area (Å²) in [7, 11) is 0. The van der Waals surface area contributed by atoms with E-state index in [0.717, 1.165) is 44.9 Å². The fourth-order valence-electron chi connectivity index (χ4n) is 2.56. The summed E-state index contributed by atoms with van der Waals surface area (Å²) in [5, 5.41) is 3.25. The summed E-state index contributed by atoms with van der Waals surface area (Å²) in [5.74, 6) is 0.537. The standard InChI is InChI=1S/C13H22N2O/c1-2-7-13(8-5-11(14)6-9-13)15-12(16)10-3-4-10/h2,10-11H,1,3-9,14H2,(H,15,16). The van der Waals surface area contributed by atoms with Crippen molar-refractivity contribution in [3.8, 4) is 0 Å². The van der Waals surface area contributed by atoms with E-state index in [1.165, 1.54) is 0 Å². The highest BCUT2D eigenvalue weighted by atomic mass is 16.2. The lowest BCUT2D eigenvalue weighted by Crippen LogP contribution is -2.52. The molecule has 0 bridgehead atoms. The Morgan fingerprint density at radius 1 is 1.38 bits per heavy atom. The van der Waals surface area contributed by atoms with Crippen LogP contribution in [-0.4, -0.2) is 17.5 Å². The van der Waals surface area contributed by atoms with Gasteiger partial charge < -0.3 is 11.1 Å². The number of nitrogens with two attached hydrogens (primary N) is 1. The van der Waals surface area contributed by atoms with Crippen LogP contribution in [0.5, 0.6) is 0 Å². The van der Waals surface area contributed by atoms with Crippen LogP contribution in [0, 0.1) is 5.92 Å². The van der Waals surface area contributed by atoms with E-state index >= 15 is 0 Å². The Kier molecular flexibility index (Phi) is 3.33. The van der Waals surface area contributed by atoms with Gasteiger partial charge in [-0.3, -0.25) is 4.79 Å². The van der Waals surface area contributed by atoms with Crippen molar-refractivity contribution in [3.63, 3.8) is 0 Å². The maximum atomic E-state index is 11.9. The van der Waals surface area contributed by atoms with Gasteiger partial charge in [0.05, 0.1) is 0 Å². The number of carbonyl (C=O) groups excluding carboxylic acids is 1. The largest absolute Gasteiger partial charge is 0.350 e. The molecular formula is C13H22N2O. The van der Waals surface area contributed by atoms with Crippen LogP contribution >= 0.6 is 0 Å². The maximum Gasteiger partial charge on any atom is 0.223 e.